The zero-order chi connectivity index (χ0) is 39.4. The van der Waals surface area contributed by atoms with E-state index in [9.17, 15) is 28.8 Å². The Balaban J connectivity index is 0.00000420. The molecule has 3 atom stereocenters. The summed E-state index contributed by atoms with van der Waals surface area (Å²) in [5.74, 6) is -2.94. The van der Waals surface area contributed by atoms with Gasteiger partial charge in [0, 0.05) is 32.4 Å². The molecule has 304 valence electrons. The number of aromatic nitrogens is 1. The maximum absolute atomic E-state index is 14.9. The Morgan fingerprint density at radius 3 is 2.05 bits per heavy atom. The third-order valence-corrected chi connectivity index (χ3v) is 9.85. The van der Waals surface area contributed by atoms with Crippen LogP contribution in [0.1, 0.15) is 107 Å². The average Bonchev–Trinajstić information content (AvgIpc) is 3.10. The number of carbonyl (C=O) groups excluding carboxylic acids is 5. The molecule has 0 radical (unpaired) electrons. The number of amides is 3. The summed E-state index contributed by atoms with van der Waals surface area (Å²) in [6.45, 7) is 11.2. The third kappa shape index (κ3) is 10.6. The van der Waals surface area contributed by atoms with Gasteiger partial charge in [0.05, 0.1) is 17.8 Å². The van der Waals surface area contributed by atoms with Crippen LogP contribution in [0.5, 0.6) is 0 Å². The van der Waals surface area contributed by atoms with Crippen LogP contribution < -0.4 is 16.2 Å². The van der Waals surface area contributed by atoms with Crippen LogP contribution >= 0.6 is 27.0 Å². The molecule has 14 heteroatoms. The van der Waals surface area contributed by atoms with E-state index in [1.54, 1.807) is 65.8 Å². The fourth-order valence-corrected chi connectivity index (χ4v) is 7.38. The average molecular weight is 809 g/mol. The van der Waals surface area contributed by atoms with Crippen LogP contribution in [0, 0.1) is 0 Å². The van der Waals surface area contributed by atoms with Gasteiger partial charge in [0.1, 0.15) is 22.8 Å². The van der Waals surface area contributed by atoms with Gasteiger partial charge in [0.2, 0.25) is 11.8 Å². The Morgan fingerprint density at radius 2 is 1.43 bits per heavy atom. The molecule has 1 aliphatic carbocycles. The summed E-state index contributed by atoms with van der Waals surface area (Å²) in [5, 5.41) is 5.85. The Hall–Kier alpha value is -4.56. The molecule has 12 nitrogen and oxygen atoms in total. The summed E-state index contributed by atoms with van der Waals surface area (Å²) >= 11 is 0. The number of ether oxygens (including phenoxy) is 2. The first-order chi connectivity index (χ1) is 25.4. The topological polar surface area (TPSA) is 153 Å². The van der Waals surface area contributed by atoms with Crippen LogP contribution in [0.2, 0.25) is 0 Å². The van der Waals surface area contributed by atoms with Crippen molar-refractivity contribution in [1.29, 1.82) is 0 Å². The van der Waals surface area contributed by atoms with Gasteiger partial charge >= 0.3 is 11.9 Å². The van der Waals surface area contributed by atoms with Crippen molar-refractivity contribution in [3.63, 3.8) is 0 Å². The number of likely N-dealkylation sites (tertiary alicyclic amines) is 1. The van der Waals surface area contributed by atoms with Crippen LogP contribution in [-0.2, 0) is 41.1 Å². The maximum atomic E-state index is 14.9. The lowest BCUT2D eigenvalue weighted by Crippen LogP contribution is -2.55. The highest BCUT2D eigenvalue weighted by atomic mass is 32.1. The molecule has 1 aromatic heterocycles. The van der Waals surface area contributed by atoms with Gasteiger partial charge in [-0.3, -0.25) is 24.0 Å². The number of hydrogen-bond donors (Lipinski definition) is 2. The van der Waals surface area contributed by atoms with E-state index in [0.29, 0.717) is 49.0 Å². The predicted octanol–water partition coefficient (Wildman–Crippen LogP) is 4.75. The van der Waals surface area contributed by atoms with Gasteiger partial charge in [-0.2, -0.15) is 27.0 Å². The fourth-order valence-electron chi connectivity index (χ4n) is 7.38. The van der Waals surface area contributed by atoms with Crippen LogP contribution in [0.4, 0.5) is 0 Å². The van der Waals surface area contributed by atoms with E-state index in [-0.39, 0.29) is 56.5 Å². The molecular weight excluding hydrogens is 753 g/mol. The number of benzene rings is 2. The molecule has 1 saturated heterocycles. The van der Waals surface area contributed by atoms with Gasteiger partial charge in [-0.15, -0.1) is 0 Å². The van der Waals surface area contributed by atoms with Gasteiger partial charge in [-0.25, -0.2) is 4.79 Å². The molecule has 2 aromatic carbocycles. The van der Waals surface area contributed by atoms with Crippen LogP contribution in [0.25, 0.3) is 0 Å². The zero-order valence-corrected chi connectivity index (χ0v) is 35.3. The standard InChI is InChI=1S/C42H52N4O8.2H2S/c1-40(2,3)53-34(47)26-33(38(51)54-41(4,5)6)44-39(52)42(27-14-9-8-10-15-27)22-19-30(29-16-11-12-18-32(29)42)37(50)46-24-20-28(21-25-46)43-35(48)31-17-13-23-45(7)36(31)49;;/h8-18,23,28,30,33H,19-22,24-26H2,1-7H3,(H,43,48)(H,44,52);2*1H2/t30-,33-,42+;;/m0../s1. The minimum atomic E-state index is -1.33. The minimum Gasteiger partial charge on any atom is -0.460 e. The Bertz CT molecular complexity index is 1950. The van der Waals surface area contributed by atoms with E-state index in [0.717, 1.165) is 0 Å². The summed E-state index contributed by atoms with van der Waals surface area (Å²) < 4.78 is 12.5. The number of nitrogens with zero attached hydrogens (tertiary/aromatic N) is 2. The van der Waals surface area contributed by atoms with Crippen molar-refractivity contribution in [1.82, 2.24) is 20.1 Å². The van der Waals surface area contributed by atoms with Crippen molar-refractivity contribution in [3.8, 4) is 0 Å². The molecule has 1 aliphatic heterocycles. The summed E-state index contributed by atoms with van der Waals surface area (Å²) in [4.78, 5) is 82.8. The Kier molecular flexibility index (Phi) is 15.2. The minimum absolute atomic E-state index is 0. The van der Waals surface area contributed by atoms with Crippen molar-refractivity contribution in [2.24, 2.45) is 7.05 Å². The van der Waals surface area contributed by atoms with Crippen molar-refractivity contribution in [2.45, 2.75) is 108 Å². The van der Waals surface area contributed by atoms with Crippen LogP contribution in [0.3, 0.4) is 0 Å². The molecule has 56 heavy (non-hydrogen) atoms. The van der Waals surface area contributed by atoms with E-state index >= 15 is 0 Å². The van der Waals surface area contributed by atoms with Gasteiger partial charge < -0.3 is 29.6 Å². The molecule has 0 spiro atoms. The molecule has 0 saturated carbocycles. The number of nitrogens with one attached hydrogen (secondary N) is 2. The second-order valence-corrected chi connectivity index (χ2v) is 16.2. The summed E-state index contributed by atoms with van der Waals surface area (Å²) in [6.07, 6.45) is 2.82. The molecule has 3 aromatic rings. The highest BCUT2D eigenvalue weighted by Crippen LogP contribution is 2.48. The van der Waals surface area contributed by atoms with Crippen molar-refractivity contribution >= 4 is 56.7 Å². The molecule has 0 unspecified atom stereocenters. The summed E-state index contributed by atoms with van der Waals surface area (Å²) in [7, 11) is 1.59. The first-order valence-electron chi connectivity index (χ1n) is 18.6. The lowest BCUT2D eigenvalue weighted by molar-refractivity contribution is -0.165. The Morgan fingerprint density at radius 1 is 0.821 bits per heavy atom. The van der Waals surface area contributed by atoms with E-state index < -0.39 is 58.8 Å². The monoisotopic (exact) mass is 808 g/mol. The first kappa shape index (κ1) is 45.8. The van der Waals surface area contributed by atoms with Gasteiger partial charge in [0.25, 0.3) is 11.5 Å². The van der Waals surface area contributed by atoms with E-state index in [1.165, 1.54) is 10.6 Å². The summed E-state index contributed by atoms with van der Waals surface area (Å²) in [5.41, 5.74) is -1.24. The number of pyridine rings is 1. The molecule has 2 heterocycles. The molecule has 2 aliphatic rings. The number of piperidine rings is 1. The van der Waals surface area contributed by atoms with Crippen molar-refractivity contribution < 1.29 is 33.4 Å². The van der Waals surface area contributed by atoms with Crippen molar-refractivity contribution in [2.75, 3.05) is 13.1 Å². The number of rotatable bonds is 9. The van der Waals surface area contributed by atoms with Gasteiger partial charge in [-0.1, -0.05) is 54.6 Å². The van der Waals surface area contributed by atoms with E-state index in [4.69, 9.17) is 9.47 Å². The molecule has 5 rings (SSSR count). The fraction of sp³-hybridized carbons (Fsp3) is 0.476. The smallest absolute Gasteiger partial charge is 0.329 e. The molecule has 1 fully saturated rings. The molecule has 0 bridgehead atoms. The highest BCUT2D eigenvalue weighted by molar-refractivity contribution is 7.59. The number of hydrogen-bond acceptors (Lipinski definition) is 8. The maximum Gasteiger partial charge on any atom is 0.329 e. The van der Waals surface area contributed by atoms with Crippen LogP contribution in [-0.4, -0.2) is 75.5 Å². The highest BCUT2D eigenvalue weighted by Gasteiger charge is 2.50. The largest absolute Gasteiger partial charge is 0.460 e. The van der Waals surface area contributed by atoms with Crippen molar-refractivity contribution in [3.05, 3.63) is 106 Å². The number of aryl methyl sites for hydroxylation is 1. The summed E-state index contributed by atoms with van der Waals surface area (Å²) in [6, 6.07) is 18.3. The SMILES string of the molecule is Cn1cccc(C(=O)NC2CCN(C(=O)[C@H]3CC[C@@](C(=O)N[C@@H](CC(=O)OC(C)(C)C)C(=O)OC(C)(C)C)(c4ccccc4)c4ccccc43)CC2)c1=O.S.S. The predicted molar refractivity (Wildman–Crippen MR) is 223 cm³/mol. The zero-order valence-electron chi connectivity index (χ0n) is 33.3. The first-order valence-corrected chi connectivity index (χ1v) is 18.6. The second kappa shape index (κ2) is 18.6. The van der Waals surface area contributed by atoms with E-state index in [1.807, 2.05) is 54.6 Å². The molecular formula is C42H56N4O8S2. The third-order valence-electron chi connectivity index (χ3n) is 9.85. The number of esters is 2. The Labute approximate surface area is 343 Å². The van der Waals surface area contributed by atoms with Gasteiger partial charge in [0.15, 0.2) is 0 Å². The number of fused-ring (bicyclic) bond motifs is 1. The van der Waals surface area contributed by atoms with Crippen LogP contribution in [0.15, 0.2) is 77.7 Å². The molecule has 2 N–H and O–H groups in total. The second-order valence-electron chi connectivity index (χ2n) is 16.2. The lowest BCUT2D eigenvalue weighted by Gasteiger charge is -2.43. The van der Waals surface area contributed by atoms with Gasteiger partial charge in [-0.05, 0) is 96.0 Å². The molecule has 3 amide bonds. The van der Waals surface area contributed by atoms with E-state index in [2.05, 4.69) is 10.6 Å². The number of carbonyl (C=O) groups is 5. The lowest BCUT2D eigenvalue weighted by atomic mass is 9.62. The quantitative estimate of drug-likeness (QED) is 0.294. The normalized spacial score (nSPS) is 18.8.